The van der Waals surface area contributed by atoms with Gasteiger partial charge in [0.2, 0.25) is 5.91 Å². The Bertz CT molecular complexity index is 668. The third kappa shape index (κ3) is 3.03. The average Bonchev–Trinajstić information content (AvgIpc) is 3.32. The molecule has 0 radical (unpaired) electrons. The van der Waals surface area contributed by atoms with Crippen molar-refractivity contribution in [3.8, 4) is 0 Å². The van der Waals surface area contributed by atoms with Crippen LogP contribution in [0.15, 0.2) is 23.8 Å². The van der Waals surface area contributed by atoms with Crippen LogP contribution < -0.4 is 5.32 Å². The molecule has 1 amide bonds. The smallest absolute Gasteiger partial charge is 0.237 e. The van der Waals surface area contributed by atoms with Gasteiger partial charge in [0.15, 0.2) is 0 Å². The lowest BCUT2D eigenvalue weighted by Crippen LogP contribution is -2.44. The van der Waals surface area contributed by atoms with Gasteiger partial charge in [-0.2, -0.15) is 5.10 Å². The molecule has 0 aliphatic carbocycles. The van der Waals surface area contributed by atoms with Crippen molar-refractivity contribution in [3.63, 3.8) is 0 Å². The van der Waals surface area contributed by atoms with Crippen LogP contribution in [-0.4, -0.2) is 44.7 Å². The van der Waals surface area contributed by atoms with Crippen LogP contribution in [0.5, 0.6) is 0 Å². The molecule has 122 valence electrons. The Morgan fingerprint density at radius 1 is 1.43 bits per heavy atom. The summed E-state index contributed by atoms with van der Waals surface area (Å²) >= 11 is 1.75. The van der Waals surface area contributed by atoms with Crippen molar-refractivity contribution in [1.82, 2.24) is 25.0 Å². The molecule has 1 fully saturated rings. The molecule has 2 aromatic heterocycles. The van der Waals surface area contributed by atoms with Gasteiger partial charge in [0.25, 0.3) is 0 Å². The number of nitrogens with one attached hydrogen (secondary N) is 1. The van der Waals surface area contributed by atoms with Crippen molar-refractivity contribution >= 4 is 17.2 Å². The van der Waals surface area contributed by atoms with E-state index in [1.165, 1.54) is 4.88 Å². The highest BCUT2D eigenvalue weighted by atomic mass is 32.1. The van der Waals surface area contributed by atoms with Gasteiger partial charge in [0.1, 0.15) is 12.2 Å². The minimum absolute atomic E-state index is 0.213. The molecule has 1 saturated heterocycles. The highest BCUT2D eigenvalue weighted by molar-refractivity contribution is 7.10. The SMILES string of the molecule is O=C(CN[C@H]1CCc2ncnn2C1)N1CCC[C@@H]1c1cccs1. The van der Waals surface area contributed by atoms with Crippen LogP contribution in [-0.2, 0) is 17.8 Å². The standard InChI is InChI=1S/C16H21N5OS/c22-16(20-7-1-3-13(20)14-4-2-8-23-14)9-17-12-5-6-15-18-11-19-21(15)10-12/h2,4,8,11-13,17H,1,3,5-7,9-10H2/t12-,13+/m0/s1. The second-order valence-corrected chi connectivity index (χ2v) is 7.21. The number of nitrogens with zero attached hydrogens (tertiary/aromatic N) is 4. The number of carbonyl (C=O) groups excluding carboxylic acids is 1. The summed E-state index contributed by atoms with van der Waals surface area (Å²) < 4.78 is 1.94. The molecule has 1 N–H and O–H groups in total. The monoisotopic (exact) mass is 331 g/mol. The molecule has 7 heteroatoms. The second-order valence-electron chi connectivity index (χ2n) is 6.24. The van der Waals surface area contributed by atoms with Gasteiger partial charge in [-0.25, -0.2) is 9.67 Å². The molecule has 2 aliphatic rings. The van der Waals surface area contributed by atoms with Crippen LogP contribution in [0.1, 0.15) is 36.0 Å². The topological polar surface area (TPSA) is 63.1 Å². The van der Waals surface area contributed by atoms with Gasteiger partial charge in [-0.05, 0) is 30.7 Å². The summed E-state index contributed by atoms with van der Waals surface area (Å²) in [5, 5.41) is 9.74. The molecule has 4 heterocycles. The Hall–Kier alpha value is -1.73. The highest BCUT2D eigenvalue weighted by Crippen LogP contribution is 2.34. The van der Waals surface area contributed by atoms with Gasteiger partial charge in [0.05, 0.1) is 19.1 Å². The van der Waals surface area contributed by atoms with Gasteiger partial charge in [-0.3, -0.25) is 4.79 Å². The van der Waals surface area contributed by atoms with Crippen LogP contribution in [0.4, 0.5) is 0 Å². The van der Waals surface area contributed by atoms with Crippen molar-refractivity contribution in [2.75, 3.05) is 13.1 Å². The maximum atomic E-state index is 12.6. The van der Waals surface area contributed by atoms with Gasteiger partial charge >= 0.3 is 0 Å². The van der Waals surface area contributed by atoms with Gasteiger partial charge < -0.3 is 10.2 Å². The lowest BCUT2D eigenvalue weighted by atomic mass is 10.1. The molecule has 4 rings (SSSR count). The quantitative estimate of drug-likeness (QED) is 0.924. The van der Waals surface area contributed by atoms with Gasteiger partial charge in [-0.1, -0.05) is 6.07 Å². The molecule has 2 aliphatic heterocycles. The fourth-order valence-electron chi connectivity index (χ4n) is 3.58. The predicted octanol–water partition coefficient (Wildman–Crippen LogP) is 1.61. The first-order valence-corrected chi connectivity index (χ1v) is 9.12. The number of rotatable bonds is 4. The minimum atomic E-state index is 0.213. The zero-order valence-electron chi connectivity index (χ0n) is 13.0. The number of likely N-dealkylation sites (tertiary alicyclic amines) is 1. The summed E-state index contributed by atoms with van der Waals surface area (Å²) in [6.45, 7) is 2.09. The van der Waals surface area contributed by atoms with E-state index < -0.39 is 0 Å². The van der Waals surface area contributed by atoms with Crippen molar-refractivity contribution < 1.29 is 4.79 Å². The van der Waals surface area contributed by atoms with Crippen LogP contribution in [0.25, 0.3) is 0 Å². The molecule has 0 unspecified atom stereocenters. The molecule has 0 spiro atoms. The van der Waals surface area contributed by atoms with E-state index in [1.807, 2.05) is 9.58 Å². The molecule has 23 heavy (non-hydrogen) atoms. The normalized spacial score (nSPS) is 23.9. The average molecular weight is 331 g/mol. The largest absolute Gasteiger partial charge is 0.334 e. The Morgan fingerprint density at radius 3 is 3.26 bits per heavy atom. The third-order valence-electron chi connectivity index (χ3n) is 4.79. The summed E-state index contributed by atoms with van der Waals surface area (Å²) in [4.78, 5) is 20.2. The third-order valence-corrected chi connectivity index (χ3v) is 5.77. The lowest BCUT2D eigenvalue weighted by Gasteiger charge is -2.27. The van der Waals surface area contributed by atoms with Gasteiger partial charge in [-0.15, -0.1) is 11.3 Å². The number of amides is 1. The maximum absolute atomic E-state index is 12.6. The second kappa shape index (κ2) is 6.41. The molecule has 6 nitrogen and oxygen atoms in total. The molecule has 0 bridgehead atoms. The van der Waals surface area contributed by atoms with E-state index >= 15 is 0 Å². The lowest BCUT2D eigenvalue weighted by molar-refractivity contribution is -0.131. The van der Waals surface area contributed by atoms with Crippen LogP contribution in [0, 0.1) is 0 Å². The molecule has 0 aromatic carbocycles. The molecular weight excluding hydrogens is 310 g/mol. The van der Waals surface area contributed by atoms with E-state index in [4.69, 9.17) is 0 Å². The van der Waals surface area contributed by atoms with E-state index in [1.54, 1.807) is 17.7 Å². The molecular formula is C16H21N5OS. The highest BCUT2D eigenvalue weighted by Gasteiger charge is 2.30. The number of hydrogen-bond donors (Lipinski definition) is 1. The summed E-state index contributed by atoms with van der Waals surface area (Å²) in [6, 6.07) is 4.78. The summed E-state index contributed by atoms with van der Waals surface area (Å²) in [5.41, 5.74) is 0. The summed E-state index contributed by atoms with van der Waals surface area (Å²) in [6.07, 6.45) is 5.73. The minimum Gasteiger partial charge on any atom is -0.334 e. The zero-order valence-corrected chi connectivity index (χ0v) is 13.8. The summed E-state index contributed by atoms with van der Waals surface area (Å²) in [7, 11) is 0. The number of carbonyl (C=O) groups is 1. The van der Waals surface area contributed by atoms with Crippen molar-refractivity contribution in [2.45, 2.75) is 44.3 Å². The Labute approximate surface area is 139 Å². The Morgan fingerprint density at radius 2 is 2.39 bits per heavy atom. The fourth-order valence-corrected chi connectivity index (χ4v) is 4.45. The van der Waals surface area contributed by atoms with Crippen molar-refractivity contribution in [3.05, 3.63) is 34.5 Å². The summed E-state index contributed by atoms with van der Waals surface area (Å²) in [5.74, 6) is 1.26. The fraction of sp³-hybridized carbons (Fsp3) is 0.562. The van der Waals surface area contributed by atoms with Gasteiger partial charge in [0, 0.05) is 23.9 Å². The van der Waals surface area contributed by atoms with E-state index in [9.17, 15) is 4.79 Å². The first-order valence-electron chi connectivity index (χ1n) is 8.24. The van der Waals surface area contributed by atoms with E-state index in [0.29, 0.717) is 12.6 Å². The Kier molecular flexibility index (Phi) is 4.13. The Balaban J connectivity index is 1.33. The predicted molar refractivity (Wildman–Crippen MR) is 88.1 cm³/mol. The molecule has 0 saturated carbocycles. The zero-order chi connectivity index (χ0) is 15.6. The molecule has 2 atom stereocenters. The first-order chi connectivity index (χ1) is 11.3. The van der Waals surface area contributed by atoms with E-state index in [-0.39, 0.29) is 11.9 Å². The number of hydrogen-bond acceptors (Lipinski definition) is 5. The van der Waals surface area contributed by atoms with Crippen LogP contribution in [0.2, 0.25) is 0 Å². The van der Waals surface area contributed by atoms with Crippen molar-refractivity contribution in [2.24, 2.45) is 0 Å². The van der Waals surface area contributed by atoms with E-state index in [0.717, 1.165) is 44.6 Å². The number of aryl methyl sites for hydroxylation is 1. The van der Waals surface area contributed by atoms with E-state index in [2.05, 4.69) is 32.9 Å². The number of fused-ring (bicyclic) bond motifs is 1. The van der Waals surface area contributed by atoms with Crippen LogP contribution in [0.3, 0.4) is 0 Å². The van der Waals surface area contributed by atoms with Crippen LogP contribution >= 0.6 is 11.3 Å². The first kappa shape index (κ1) is 14.8. The molecule has 2 aromatic rings. The van der Waals surface area contributed by atoms with Crippen molar-refractivity contribution in [1.29, 1.82) is 0 Å². The maximum Gasteiger partial charge on any atom is 0.237 e. The number of aromatic nitrogens is 3. The number of thiophene rings is 1.